The van der Waals surface area contributed by atoms with Gasteiger partial charge in [0.2, 0.25) is 5.91 Å². The van der Waals surface area contributed by atoms with E-state index in [1.165, 1.54) is 6.26 Å². The summed E-state index contributed by atoms with van der Waals surface area (Å²) in [5.74, 6) is -0.0474. The molecule has 1 aliphatic heterocycles. The third-order valence-corrected chi connectivity index (χ3v) is 4.51. The van der Waals surface area contributed by atoms with E-state index in [1.54, 1.807) is 4.90 Å². The van der Waals surface area contributed by atoms with Crippen LogP contribution in [-0.4, -0.2) is 57.0 Å². The van der Waals surface area contributed by atoms with Crippen LogP contribution in [0, 0.1) is 0 Å². The molecule has 0 spiro atoms. The van der Waals surface area contributed by atoms with E-state index in [4.69, 9.17) is 4.74 Å². The molecule has 0 aliphatic carbocycles. The number of hydrogen-bond acceptors (Lipinski definition) is 4. The minimum Gasteiger partial charge on any atom is -0.372 e. The van der Waals surface area contributed by atoms with Crippen molar-refractivity contribution in [3.05, 3.63) is 0 Å². The van der Waals surface area contributed by atoms with Crippen LogP contribution < -0.4 is 0 Å². The monoisotopic (exact) mass is 249 g/mol. The van der Waals surface area contributed by atoms with Crippen molar-refractivity contribution in [2.24, 2.45) is 0 Å². The van der Waals surface area contributed by atoms with E-state index in [1.807, 2.05) is 6.92 Å². The molecule has 6 heteroatoms. The number of rotatable bonds is 4. The predicted molar refractivity (Wildman–Crippen MR) is 60.9 cm³/mol. The lowest BCUT2D eigenvalue weighted by Crippen LogP contribution is -2.43. The normalized spacial score (nSPS) is 18.8. The van der Waals surface area contributed by atoms with Crippen molar-refractivity contribution in [3.8, 4) is 0 Å². The van der Waals surface area contributed by atoms with Crippen molar-refractivity contribution in [2.45, 2.75) is 25.0 Å². The topological polar surface area (TPSA) is 63.7 Å². The highest BCUT2D eigenvalue weighted by molar-refractivity contribution is 7.91. The van der Waals surface area contributed by atoms with Gasteiger partial charge in [0.05, 0.1) is 5.25 Å². The molecule has 1 saturated heterocycles. The lowest BCUT2D eigenvalue weighted by Gasteiger charge is -2.31. The maximum atomic E-state index is 11.6. The zero-order chi connectivity index (χ0) is 12.2. The molecule has 0 saturated carbocycles. The van der Waals surface area contributed by atoms with E-state index >= 15 is 0 Å². The molecular formula is C10H19NO4S. The predicted octanol–water partition coefficient (Wildman–Crippen LogP) is 0.0585. The molecule has 16 heavy (non-hydrogen) atoms. The number of amides is 1. The Morgan fingerprint density at radius 3 is 2.38 bits per heavy atom. The van der Waals surface area contributed by atoms with E-state index in [2.05, 4.69) is 0 Å². The van der Waals surface area contributed by atoms with Crippen LogP contribution in [0.2, 0.25) is 0 Å². The summed E-state index contributed by atoms with van der Waals surface area (Å²) in [5, 5.41) is -0.288. The van der Waals surface area contributed by atoms with E-state index in [0.717, 1.165) is 0 Å². The van der Waals surface area contributed by atoms with E-state index in [-0.39, 0.29) is 17.8 Å². The highest BCUT2D eigenvalue weighted by Gasteiger charge is 2.28. The average Bonchev–Trinajstić information content (AvgIpc) is 2.25. The Labute approximate surface area is 96.7 Å². The summed E-state index contributed by atoms with van der Waals surface area (Å²) in [7, 11) is -2.96. The van der Waals surface area contributed by atoms with Crippen molar-refractivity contribution < 1.29 is 17.9 Å². The first-order valence-electron chi connectivity index (χ1n) is 5.49. The minimum absolute atomic E-state index is 0.0474. The van der Waals surface area contributed by atoms with Crippen molar-refractivity contribution in [3.63, 3.8) is 0 Å². The van der Waals surface area contributed by atoms with Gasteiger partial charge in [-0.3, -0.25) is 4.79 Å². The SMILES string of the molecule is CCOCC(=O)N1CCC(S(C)(=O)=O)CC1. The van der Waals surface area contributed by atoms with E-state index in [0.29, 0.717) is 32.5 Å². The van der Waals surface area contributed by atoms with Crippen LogP contribution in [-0.2, 0) is 19.4 Å². The first kappa shape index (κ1) is 13.4. The van der Waals surface area contributed by atoms with Crippen molar-refractivity contribution in [1.82, 2.24) is 4.90 Å². The molecule has 0 aromatic carbocycles. The Kier molecular flexibility index (Phi) is 4.73. The van der Waals surface area contributed by atoms with Gasteiger partial charge in [-0.25, -0.2) is 8.42 Å². The number of sulfone groups is 1. The van der Waals surface area contributed by atoms with Gasteiger partial charge in [-0.1, -0.05) is 0 Å². The molecule has 1 rings (SSSR count). The van der Waals surface area contributed by atoms with Gasteiger partial charge in [0.1, 0.15) is 16.4 Å². The number of carbonyl (C=O) groups excluding carboxylic acids is 1. The van der Waals surface area contributed by atoms with Crippen molar-refractivity contribution in [2.75, 3.05) is 32.6 Å². The molecule has 0 bridgehead atoms. The Hall–Kier alpha value is -0.620. The summed E-state index contributed by atoms with van der Waals surface area (Å²) in [4.78, 5) is 13.2. The Morgan fingerprint density at radius 1 is 1.38 bits per heavy atom. The van der Waals surface area contributed by atoms with Gasteiger partial charge in [0.15, 0.2) is 0 Å². The molecule has 0 atom stereocenters. The van der Waals surface area contributed by atoms with Gasteiger partial charge in [0.25, 0.3) is 0 Å². The van der Waals surface area contributed by atoms with Crippen LogP contribution in [0.1, 0.15) is 19.8 Å². The Morgan fingerprint density at radius 2 is 1.94 bits per heavy atom. The fraction of sp³-hybridized carbons (Fsp3) is 0.900. The Balaban J connectivity index is 2.40. The minimum atomic E-state index is -2.96. The number of likely N-dealkylation sites (tertiary alicyclic amines) is 1. The molecular weight excluding hydrogens is 230 g/mol. The first-order valence-corrected chi connectivity index (χ1v) is 7.45. The standard InChI is InChI=1S/C10H19NO4S/c1-3-15-8-10(12)11-6-4-9(5-7-11)16(2,13)14/h9H,3-8H2,1-2H3. The molecule has 1 fully saturated rings. The lowest BCUT2D eigenvalue weighted by molar-refractivity contribution is -0.136. The largest absolute Gasteiger partial charge is 0.372 e. The first-order chi connectivity index (χ1) is 7.45. The van der Waals surface area contributed by atoms with Crippen LogP contribution in [0.3, 0.4) is 0 Å². The fourth-order valence-corrected chi connectivity index (χ4v) is 2.88. The van der Waals surface area contributed by atoms with Gasteiger partial charge < -0.3 is 9.64 Å². The van der Waals surface area contributed by atoms with Crippen LogP contribution in [0.4, 0.5) is 0 Å². The molecule has 1 aliphatic rings. The smallest absolute Gasteiger partial charge is 0.248 e. The van der Waals surface area contributed by atoms with E-state index in [9.17, 15) is 13.2 Å². The number of ether oxygens (including phenoxy) is 1. The maximum absolute atomic E-state index is 11.6. The summed E-state index contributed by atoms with van der Waals surface area (Å²) < 4.78 is 27.6. The number of nitrogens with zero attached hydrogens (tertiary/aromatic N) is 1. The third kappa shape index (κ3) is 3.75. The van der Waals surface area contributed by atoms with Gasteiger partial charge >= 0.3 is 0 Å². The number of piperidine rings is 1. The summed E-state index contributed by atoms with van der Waals surface area (Å²) in [6, 6.07) is 0. The second kappa shape index (κ2) is 5.63. The lowest BCUT2D eigenvalue weighted by atomic mass is 10.1. The second-order valence-corrected chi connectivity index (χ2v) is 6.37. The van der Waals surface area contributed by atoms with Crippen LogP contribution >= 0.6 is 0 Å². The zero-order valence-corrected chi connectivity index (χ0v) is 10.6. The van der Waals surface area contributed by atoms with E-state index < -0.39 is 9.84 Å². The quantitative estimate of drug-likeness (QED) is 0.706. The van der Waals surface area contributed by atoms with Crippen molar-refractivity contribution in [1.29, 1.82) is 0 Å². The van der Waals surface area contributed by atoms with Crippen LogP contribution in [0.5, 0.6) is 0 Å². The average molecular weight is 249 g/mol. The fourth-order valence-electron chi connectivity index (χ4n) is 1.81. The zero-order valence-electron chi connectivity index (χ0n) is 9.81. The third-order valence-electron chi connectivity index (χ3n) is 2.83. The maximum Gasteiger partial charge on any atom is 0.248 e. The molecule has 94 valence electrons. The number of carbonyl (C=O) groups is 1. The molecule has 0 unspecified atom stereocenters. The molecule has 0 aromatic rings. The van der Waals surface area contributed by atoms with Crippen LogP contribution in [0.25, 0.3) is 0 Å². The van der Waals surface area contributed by atoms with Gasteiger partial charge in [0, 0.05) is 26.0 Å². The van der Waals surface area contributed by atoms with Gasteiger partial charge in [-0.15, -0.1) is 0 Å². The molecule has 1 heterocycles. The highest BCUT2D eigenvalue weighted by Crippen LogP contribution is 2.17. The number of hydrogen-bond donors (Lipinski definition) is 0. The second-order valence-electron chi connectivity index (χ2n) is 4.05. The summed E-state index contributed by atoms with van der Waals surface area (Å²) in [6.45, 7) is 3.49. The van der Waals surface area contributed by atoms with Gasteiger partial charge in [-0.05, 0) is 19.8 Å². The summed E-state index contributed by atoms with van der Waals surface area (Å²) in [5.41, 5.74) is 0. The molecule has 0 aromatic heterocycles. The van der Waals surface area contributed by atoms with Crippen LogP contribution in [0.15, 0.2) is 0 Å². The molecule has 0 radical (unpaired) electrons. The summed E-state index contributed by atoms with van der Waals surface area (Å²) >= 11 is 0. The molecule has 0 N–H and O–H groups in total. The molecule has 1 amide bonds. The van der Waals surface area contributed by atoms with Crippen molar-refractivity contribution >= 4 is 15.7 Å². The van der Waals surface area contributed by atoms with Gasteiger partial charge in [-0.2, -0.15) is 0 Å². The highest BCUT2D eigenvalue weighted by atomic mass is 32.2. The Bertz CT molecular complexity index is 331. The molecule has 5 nitrogen and oxygen atoms in total. The summed E-state index contributed by atoms with van der Waals surface area (Å²) in [6.07, 6.45) is 2.34.